The highest BCUT2D eigenvalue weighted by atomic mass is 32.1. The molecular weight excluding hydrogens is 268 g/mol. The third-order valence-corrected chi connectivity index (χ3v) is 4.83. The van der Waals surface area contributed by atoms with Crippen LogP contribution in [0.1, 0.15) is 39.8 Å². The predicted molar refractivity (Wildman–Crippen MR) is 82.4 cm³/mol. The van der Waals surface area contributed by atoms with Gasteiger partial charge in [0.05, 0.1) is 5.69 Å². The van der Waals surface area contributed by atoms with Gasteiger partial charge in [-0.1, -0.05) is 25.1 Å². The highest BCUT2D eigenvalue weighted by molar-refractivity contribution is 7.15. The van der Waals surface area contributed by atoms with Crippen molar-refractivity contribution in [1.82, 2.24) is 4.98 Å². The average Bonchev–Trinajstić information content (AvgIpc) is 2.80. The molecule has 3 rings (SSSR count). The van der Waals surface area contributed by atoms with E-state index in [9.17, 15) is 4.79 Å². The molecule has 4 heteroatoms. The van der Waals surface area contributed by atoms with Crippen molar-refractivity contribution in [2.75, 3.05) is 5.32 Å². The van der Waals surface area contributed by atoms with Crippen molar-refractivity contribution >= 4 is 22.4 Å². The first-order valence-corrected chi connectivity index (χ1v) is 7.80. The smallest absolute Gasteiger partial charge is 0.257 e. The van der Waals surface area contributed by atoms with E-state index >= 15 is 0 Å². The number of aryl methyl sites for hydroxylation is 2. The van der Waals surface area contributed by atoms with Gasteiger partial charge in [0.25, 0.3) is 5.91 Å². The van der Waals surface area contributed by atoms with Crippen LogP contribution in [0.2, 0.25) is 0 Å². The van der Waals surface area contributed by atoms with Gasteiger partial charge in [-0.2, -0.15) is 0 Å². The topological polar surface area (TPSA) is 42.0 Å². The van der Waals surface area contributed by atoms with Crippen LogP contribution in [0.5, 0.6) is 0 Å². The summed E-state index contributed by atoms with van der Waals surface area (Å²) < 4.78 is 0. The largest absolute Gasteiger partial charge is 0.298 e. The zero-order valence-corrected chi connectivity index (χ0v) is 12.6. The molecule has 0 saturated carbocycles. The molecule has 1 aliphatic carbocycles. The van der Waals surface area contributed by atoms with Gasteiger partial charge < -0.3 is 0 Å². The summed E-state index contributed by atoms with van der Waals surface area (Å²) in [6.07, 6.45) is 3.32. The molecule has 0 aliphatic heterocycles. The molecule has 1 aliphatic rings. The molecule has 0 spiro atoms. The summed E-state index contributed by atoms with van der Waals surface area (Å²) in [5, 5.41) is 3.67. The molecule has 2 aromatic rings. The minimum absolute atomic E-state index is 0.0674. The van der Waals surface area contributed by atoms with Gasteiger partial charge in [-0.15, -0.1) is 11.3 Å². The maximum atomic E-state index is 12.3. The number of nitrogens with one attached hydrogen (secondary N) is 1. The summed E-state index contributed by atoms with van der Waals surface area (Å²) in [5.41, 5.74) is 2.88. The molecule has 1 N–H and O–H groups in total. The Labute approximate surface area is 123 Å². The Hall–Kier alpha value is -1.68. The van der Waals surface area contributed by atoms with Gasteiger partial charge in [0.1, 0.15) is 0 Å². The second-order valence-corrected chi connectivity index (χ2v) is 6.59. The van der Waals surface area contributed by atoms with Crippen LogP contribution in [0, 0.1) is 12.8 Å². The van der Waals surface area contributed by atoms with Crippen molar-refractivity contribution in [1.29, 1.82) is 0 Å². The van der Waals surface area contributed by atoms with Crippen molar-refractivity contribution in [3.05, 3.63) is 46.0 Å². The number of carbonyl (C=O) groups excluding carboxylic acids is 1. The van der Waals surface area contributed by atoms with Crippen LogP contribution in [0.3, 0.4) is 0 Å². The van der Waals surface area contributed by atoms with Crippen LogP contribution in [0.25, 0.3) is 0 Å². The zero-order valence-electron chi connectivity index (χ0n) is 11.8. The number of nitrogens with zero attached hydrogens (tertiary/aromatic N) is 1. The zero-order chi connectivity index (χ0) is 14.1. The van der Waals surface area contributed by atoms with E-state index in [-0.39, 0.29) is 5.91 Å². The highest BCUT2D eigenvalue weighted by Gasteiger charge is 2.20. The lowest BCUT2D eigenvalue weighted by Crippen LogP contribution is -2.13. The number of benzene rings is 1. The van der Waals surface area contributed by atoms with E-state index in [0.29, 0.717) is 5.56 Å². The van der Waals surface area contributed by atoms with E-state index in [2.05, 4.69) is 17.2 Å². The summed E-state index contributed by atoms with van der Waals surface area (Å²) in [4.78, 5) is 18.2. The maximum absolute atomic E-state index is 12.3. The van der Waals surface area contributed by atoms with Gasteiger partial charge in [0, 0.05) is 10.4 Å². The Morgan fingerprint density at radius 2 is 2.20 bits per heavy atom. The third kappa shape index (κ3) is 2.61. The molecule has 1 aromatic carbocycles. The van der Waals surface area contributed by atoms with E-state index in [0.717, 1.165) is 29.5 Å². The van der Waals surface area contributed by atoms with Crippen LogP contribution >= 0.6 is 11.3 Å². The van der Waals surface area contributed by atoms with Crippen molar-refractivity contribution in [2.45, 2.75) is 33.1 Å². The van der Waals surface area contributed by atoms with Gasteiger partial charge in [-0.3, -0.25) is 10.1 Å². The second kappa shape index (κ2) is 5.37. The fourth-order valence-corrected chi connectivity index (χ4v) is 3.75. The number of thiazole rings is 1. The van der Waals surface area contributed by atoms with Gasteiger partial charge in [-0.05, 0) is 43.7 Å². The molecule has 1 amide bonds. The minimum Gasteiger partial charge on any atom is -0.298 e. The molecule has 1 aromatic heterocycles. The number of carbonyl (C=O) groups is 1. The average molecular weight is 286 g/mol. The Morgan fingerprint density at radius 1 is 1.40 bits per heavy atom. The summed E-state index contributed by atoms with van der Waals surface area (Å²) in [6, 6.07) is 7.62. The van der Waals surface area contributed by atoms with Crippen molar-refractivity contribution < 1.29 is 4.79 Å². The van der Waals surface area contributed by atoms with Gasteiger partial charge in [0.15, 0.2) is 5.13 Å². The van der Waals surface area contributed by atoms with Crippen LogP contribution in [-0.4, -0.2) is 10.9 Å². The predicted octanol–water partition coefficient (Wildman–Crippen LogP) is 3.83. The summed E-state index contributed by atoms with van der Waals surface area (Å²) >= 11 is 1.62. The minimum atomic E-state index is -0.0674. The standard InChI is InChI=1S/C16H18N2OS/c1-10-7-8-13-14(9-10)20-16(17-13)18-15(19)12-6-4-3-5-11(12)2/h3-6,10H,7-9H2,1-2H3,(H,17,18,19)/t10-/m1/s1. The monoisotopic (exact) mass is 286 g/mol. The van der Waals surface area contributed by atoms with Crippen LogP contribution in [0.15, 0.2) is 24.3 Å². The SMILES string of the molecule is Cc1ccccc1C(=O)Nc1nc2c(s1)C[C@H](C)CC2. The first kappa shape index (κ1) is 13.3. The first-order chi connectivity index (χ1) is 9.63. The Bertz CT molecular complexity index is 648. The molecule has 20 heavy (non-hydrogen) atoms. The molecule has 1 heterocycles. The molecule has 1 atom stereocenters. The van der Waals surface area contributed by atoms with Crippen molar-refractivity contribution in [3.63, 3.8) is 0 Å². The fraction of sp³-hybridized carbons (Fsp3) is 0.375. The van der Waals surface area contributed by atoms with E-state index in [1.807, 2.05) is 31.2 Å². The van der Waals surface area contributed by atoms with Gasteiger partial charge in [-0.25, -0.2) is 4.98 Å². The normalized spacial score (nSPS) is 17.6. The van der Waals surface area contributed by atoms with Gasteiger partial charge >= 0.3 is 0 Å². The first-order valence-electron chi connectivity index (χ1n) is 6.99. The number of fused-ring (bicyclic) bond motifs is 1. The molecule has 104 valence electrons. The van der Waals surface area contributed by atoms with Crippen LogP contribution < -0.4 is 5.32 Å². The van der Waals surface area contributed by atoms with Crippen LogP contribution in [-0.2, 0) is 12.8 Å². The molecule has 0 bridgehead atoms. The maximum Gasteiger partial charge on any atom is 0.257 e. The number of hydrogen-bond donors (Lipinski definition) is 1. The lowest BCUT2D eigenvalue weighted by Gasteiger charge is -2.15. The molecule has 0 unspecified atom stereocenters. The van der Waals surface area contributed by atoms with Gasteiger partial charge in [0.2, 0.25) is 0 Å². The summed E-state index contributed by atoms with van der Waals surface area (Å²) in [7, 11) is 0. The molecule has 0 fully saturated rings. The highest BCUT2D eigenvalue weighted by Crippen LogP contribution is 2.32. The van der Waals surface area contributed by atoms with E-state index in [1.165, 1.54) is 17.0 Å². The van der Waals surface area contributed by atoms with Crippen molar-refractivity contribution in [3.8, 4) is 0 Å². The fourth-order valence-electron chi connectivity index (χ4n) is 2.59. The van der Waals surface area contributed by atoms with Crippen LogP contribution in [0.4, 0.5) is 5.13 Å². The lowest BCUT2D eigenvalue weighted by molar-refractivity contribution is 0.102. The van der Waals surface area contributed by atoms with E-state index in [1.54, 1.807) is 11.3 Å². The number of aromatic nitrogens is 1. The second-order valence-electron chi connectivity index (χ2n) is 5.51. The number of hydrogen-bond acceptors (Lipinski definition) is 3. The quantitative estimate of drug-likeness (QED) is 0.911. The number of anilines is 1. The molecule has 0 radical (unpaired) electrons. The third-order valence-electron chi connectivity index (χ3n) is 3.80. The molecular formula is C16H18N2OS. The Morgan fingerprint density at radius 3 is 3.00 bits per heavy atom. The van der Waals surface area contributed by atoms with E-state index < -0.39 is 0 Å². The number of rotatable bonds is 2. The van der Waals surface area contributed by atoms with E-state index in [4.69, 9.17) is 0 Å². The molecule has 3 nitrogen and oxygen atoms in total. The summed E-state index contributed by atoms with van der Waals surface area (Å²) in [5.74, 6) is 0.658. The Balaban J connectivity index is 1.79. The summed E-state index contributed by atoms with van der Waals surface area (Å²) in [6.45, 7) is 4.22. The number of amides is 1. The lowest BCUT2D eigenvalue weighted by atomic mass is 9.93. The van der Waals surface area contributed by atoms with Crippen molar-refractivity contribution in [2.24, 2.45) is 5.92 Å². The Kier molecular flexibility index (Phi) is 3.57. The molecule has 0 saturated heterocycles.